The predicted molar refractivity (Wildman–Crippen MR) is 83.0 cm³/mol. The van der Waals surface area contributed by atoms with Gasteiger partial charge in [0.2, 0.25) is 0 Å². The van der Waals surface area contributed by atoms with Crippen LogP contribution >= 0.6 is 0 Å². The van der Waals surface area contributed by atoms with E-state index in [-0.39, 0.29) is 12.0 Å². The van der Waals surface area contributed by atoms with Gasteiger partial charge < -0.3 is 14.6 Å². The zero-order valence-electron chi connectivity index (χ0n) is 12.9. The first kappa shape index (κ1) is 15.5. The Morgan fingerprint density at radius 3 is 2.90 bits per heavy atom. The average molecular weight is 289 g/mol. The van der Waals surface area contributed by atoms with Crippen molar-refractivity contribution in [3.8, 4) is 0 Å². The topological polar surface area (TPSA) is 56.1 Å². The molecule has 1 unspecified atom stereocenters. The van der Waals surface area contributed by atoms with Gasteiger partial charge in [0.05, 0.1) is 23.7 Å². The number of para-hydroxylation sites is 2. The van der Waals surface area contributed by atoms with Crippen molar-refractivity contribution in [1.29, 1.82) is 0 Å². The number of hydrogen-bond acceptors (Lipinski definition) is 4. The first-order valence-corrected chi connectivity index (χ1v) is 7.43. The van der Waals surface area contributed by atoms with Gasteiger partial charge in [0, 0.05) is 13.5 Å². The molecule has 1 atom stereocenters. The molecule has 0 saturated heterocycles. The van der Waals surface area contributed by atoms with Crippen LogP contribution in [0.5, 0.6) is 0 Å². The Bertz CT molecular complexity index is 607. The zero-order chi connectivity index (χ0) is 15.2. The van der Waals surface area contributed by atoms with Crippen molar-refractivity contribution in [3.05, 3.63) is 30.1 Å². The van der Waals surface area contributed by atoms with Crippen molar-refractivity contribution in [2.75, 3.05) is 13.2 Å². The molecule has 2 aromatic rings. The second-order valence-corrected chi connectivity index (χ2v) is 5.10. The van der Waals surface area contributed by atoms with E-state index in [1.54, 1.807) is 0 Å². The Morgan fingerprint density at radius 1 is 1.43 bits per heavy atom. The van der Waals surface area contributed by atoms with Crippen molar-refractivity contribution >= 4 is 17.0 Å². The lowest BCUT2D eigenvalue weighted by Crippen LogP contribution is -2.23. The fourth-order valence-electron chi connectivity index (χ4n) is 2.43. The molecule has 0 spiro atoms. The highest BCUT2D eigenvalue weighted by Gasteiger charge is 2.13. The number of hydrogen-bond donors (Lipinski definition) is 1. The van der Waals surface area contributed by atoms with Gasteiger partial charge in [-0.05, 0) is 38.9 Å². The molecule has 0 aliphatic rings. The molecule has 0 bridgehead atoms. The van der Waals surface area contributed by atoms with Crippen molar-refractivity contribution in [3.63, 3.8) is 0 Å². The molecule has 2 rings (SSSR count). The monoisotopic (exact) mass is 289 g/mol. The Labute approximate surface area is 125 Å². The second kappa shape index (κ2) is 7.22. The third kappa shape index (κ3) is 3.82. The number of carbonyl (C=O) groups excluding carboxylic acids is 1. The highest BCUT2D eigenvalue weighted by molar-refractivity contribution is 5.75. The SMILES string of the molecule is CCOC(=O)CCCNC(C)c1nc2ccccc2n1C. The van der Waals surface area contributed by atoms with Crippen molar-refractivity contribution in [2.24, 2.45) is 7.05 Å². The molecule has 1 heterocycles. The minimum atomic E-state index is -0.130. The maximum absolute atomic E-state index is 11.3. The van der Waals surface area contributed by atoms with Crippen LogP contribution < -0.4 is 5.32 Å². The van der Waals surface area contributed by atoms with Gasteiger partial charge in [-0.1, -0.05) is 12.1 Å². The number of carbonyl (C=O) groups is 1. The van der Waals surface area contributed by atoms with Crippen LogP contribution in [-0.4, -0.2) is 28.7 Å². The molecule has 114 valence electrons. The van der Waals surface area contributed by atoms with E-state index in [2.05, 4.69) is 27.9 Å². The molecule has 0 amide bonds. The minimum absolute atomic E-state index is 0.130. The van der Waals surface area contributed by atoms with Crippen molar-refractivity contribution < 1.29 is 9.53 Å². The third-order valence-electron chi connectivity index (χ3n) is 3.52. The molecule has 1 aromatic heterocycles. The summed E-state index contributed by atoms with van der Waals surface area (Å²) in [7, 11) is 2.03. The number of aryl methyl sites for hydroxylation is 1. The van der Waals surface area contributed by atoms with Crippen LogP contribution in [0.1, 0.15) is 38.6 Å². The molecule has 5 heteroatoms. The molecular weight excluding hydrogens is 266 g/mol. The normalized spacial score (nSPS) is 12.5. The Balaban J connectivity index is 1.89. The molecular formula is C16H23N3O2. The fraction of sp³-hybridized carbons (Fsp3) is 0.500. The van der Waals surface area contributed by atoms with E-state index in [0.29, 0.717) is 13.0 Å². The van der Waals surface area contributed by atoms with Gasteiger partial charge in [0.15, 0.2) is 0 Å². The fourth-order valence-corrected chi connectivity index (χ4v) is 2.43. The van der Waals surface area contributed by atoms with Crippen molar-refractivity contribution in [1.82, 2.24) is 14.9 Å². The number of nitrogens with zero attached hydrogens (tertiary/aromatic N) is 2. The smallest absolute Gasteiger partial charge is 0.305 e. The molecule has 0 fully saturated rings. The Morgan fingerprint density at radius 2 is 2.19 bits per heavy atom. The van der Waals surface area contributed by atoms with Crippen LogP contribution in [-0.2, 0) is 16.6 Å². The van der Waals surface area contributed by atoms with E-state index >= 15 is 0 Å². The summed E-state index contributed by atoms with van der Waals surface area (Å²) in [6.07, 6.45) is 1.23. The number of fused-ring (bicyclic) bond motifs is 1. The second-order valence-electron chi connectivity index (χ2n) is 5.10. The lowest BCUT2D eigenvalue weighted by molar-refractivity contribution is -0.143. The van der Waals surface area contributed by atoms with Crippen LogP contribution in [0.4, 0.5) is 0 Å². The number of rotatable bonds is 7. The number of benzene rings is 1. The predicted octanol–water partition coefficient (Wildman–Crippen LogP) is 2.57. The number of ether oxygens (including phenoxy) is 1. The highest BCUT2D eigenvalue weighted by Crippen LogP contribution is 2.18. The number of imidazole rings is 1. The summed E-state index contributed by atoms with van der Waals surface area (Å²) >= 11 is 0. The van der Waals surface area contributed by atoms with Gasteiger partial charge in [-0.3, -0.25) is 4.79 Å². The van der Waals surface area contributed by atoms with E-state index in [4.69, 9.17) is 4.74 Å². The third-order valence-corrected chi connectivity index (χ3v) is 3.52. The zero-order valence-corrected chi connectivity index (χ0v) is 12.9. The van der Waals surface area contributed by atoms with Crippen molar-refractivity contribution in [2.45, 2.75) is 32.7 Å². The van der Waals surface area contributed by atoms with E-state index in [1.807, 2.05) is 32.2 Å². The quantitative estimate of drug-likeness (QED) is 0.629. The summed E-state index contributed by atoms with van der Waals surface area (Å²) in [6.45, 7) is 5.13. The molecule has 0 radical (unpaired) electrons. The van der Waals surface area contributed by atoms with Gasteiger partial charge in [-0.25, -0.2) is 4.98 Å². The lowest BCUT2D eigenvalue weighted by Gasteiger charge is -2.13. The molecule has 5 nitrogen and oxygen atoms in total. The maximum Gasteiger partial charge on any atom is 0.305 e. The average Bonchev–Trinajstić information content (AvgIpc) is 2.81. The van der Waals surface area contributed by atoms with Crippen LogP contribution in [0.3, 0.4) is 0 Å². The lowest BCUT2D eigenvalue weighted by atomic mass is 10.2. The number of esters is 1. The van der Waals surface area contributed by atoms with Gasteiger partial charge in [0.1, 0.15) is 5.82 Å². The molecule has 0 saturated carbocycles. The molecule has 21 heavy (non-hydrogen) atoms. The summed E-state index contributed by atoms with van der Waals surface area (Å²) in [6, 6.07) is 8.25. The summed E-state index contributed by atoms with van der Waals surface area (Å²) in [5, 5.41) is 3.41. The van der Waals surface area contributed by atoms with Crippen LogP contribution in [0.2, 0.25) is 0 Å². The highest BCUT2D eigenvalue weighted by atomic mass is 16.5. The first-order valence-electron chi connectivity index (χ1n) is 7.43. The van der Waals surface area contributed by atoms with Gasteiger partial charge >= 0.3 is 5.97 Å². The van der Waals surface area contributed by atoms with E-state index in [1.165, 1.54) is 0 Å². The summed E-state index contributed by atoms with van der Waals surface area (Å²) in [4.78, 5) is 15.9. The van der Waals surface area contributed by atoms with Crippen LogP contribution in [0.25, 0.3) is 11.0 Å². The maximum atomic E-state index is 11.3. The number of aromatic nitrogens is 2. The minimum Gasteiger partial charge on any atom is -0.466 e. The van der Waals surface area contributed by atoms with E-state index in [0.717, 1.165) is 29.8 Å². The van der Waals surface area contributed by atoms with Gasteiger partial charge in [0.25, 0.3) is 0 Å². The van der Waals surface area contributed by atoms with E-state index in [9.17, 15) is 4.79 Å². The standard InChI is InChI=1S/C16H23N3O2/c1-4-21-15(20)10-7-11-17-12(2)16-18-13-8-5-6-9-14(13)19(16)3/h5-6,8-9,12,17H,4,7,10-11H2,1-3H3. The first-order chi connectivity index (χ1) is 10.1. The summed E-state index contributed by atoms with van der Waals surface area (Å²) in [5.74, 6) is 0.877. The van der Waals surface area contributed by atoms with Gasteiger partial charge in [-0.15, -0.1) is 0 Å². The van der Waals surface area contributed by atoms with Gasteiger partial charge in [-0.2, -0.15) is 0 Å². The summed E-state index contributed by atoms with van der Waals surface area (Å²) < 4.78 is 7.02. The van der Waals surface area contributed by atoms with E-state index < -0.39 is 0 Å². The summed E-state index contributed by atoms with van der Waals surface area (Å²) in [5.41, 5.74) is 2.14. The molecule has 1 aromatic carbocycles. The molecule has 0 aliphatic carbocycles. The largest absolute Gasteiger partial charge is 0.466 e. The Kier molecular flexibility index (Phi) is 5.33. The molecule has 0 aliphatic heterocycles. The van der Waals surface area contributed by atoms with Crippen LogP contribution in [0, 0.1) is 0 Å². The number of nitrogens with one attached hydrogen (secondary N) is 1. The molecule has 1 N–H and O–H groups in total. The van der Waals surface area contributed by atoms with Crippen LogP contribution in [0.15, 0.2) is 24.3 Å². The Hall–Kier alpha value is -1.88.